The van der Waals surface area contributed by atoms with E-state index in [0.29, 0.717) is 22.1 Å². The molecule has 6 nitrogen and oxygen atoms in total. The van der Waals surface area contributed by atoms with E-state index in [1.165, 1.54) is 24.3 Å². The first-order chi connectivity index (χ1) is 13.8. The van der Waals surface area contributed by atoms with Gasteiger partial charge in [-0.05, 0) is 48.4 Å². The zero-order valence-electron chi connectivity index (χ0n) is 15.2. The van der Waals surface area contributed by atoms with Crippen molar-refractivity contribution < 1.29 is 23.1 Å². The van der Waals surface area contributed by atoms with Crippen molar-refractivity contribution in [1.82, 2.24) is 4.72 Å². The van der Waals surface area contributed by atoms with Crippen molar-refractivity contribution in [2.24, 2.45) is 0 Å². The highest BCUT2D eigenvalue weighted by atomic mass is 35.5. The van der Waals surface area contributed by atoms with Crippen LogP contribution in [0.5, 0.6) is 11.5 Å². The zero-order valence-corrected chi connectivity index (χ0v) is 16.7. The number of halogens is 1. The molecular weight excluding hydrogens is 414 g/mol. The normalized spacial score (nSPS) is 12.3. The SMILES string of the molecule is O=C(O)[C@@H](Cc1ccccc1)NS(=O)(=O)c1ccc(Oc2ccccc2Cl)cc1. The lowest BCUT2D eigenvalue weighted by molar-refractivity contribution is -0.138. The van der Waals surface area contributed by atoms with Crippen LogP contribution >= 0.6 is 11.6 Å². The molecule has 0 spiro atoms. The van der Waals surface area contributed by atoms with Gasteiger partial charge in [-0.15, -0.1) is 0 Å². The average Bonchev–Trinajstić information content (AvgIpc) is 2.70. The first-order valence-corrected chi connectivity index (χ1v) is 10.5. The van der Waals surface area contributed by atoms with E-state index in [0.717, 1.165) is 0 Å². The summed E-state index contributed by atoms with van der Waals surface area (Å²) in [5.74, 6) is -0.413. The fourth-order valence-corrected chi connectivity index (χ4v) is 3.99. The zero-order chi connectivity index (χ0) is 20.9. The van der Waals surface area contributed by atoms with Gasteiger partial charge in [-0.3, -0.25) is 4.79 Å². The highest BCUT2D eigenvalue weighted by molar-refractivity contribution is 7.89. The number of benzene rings is 3. The fraction of sp³-hybridized carbons (Fsp3) is 0.0952. The van der Waals surface area contributed by atoms with Crippen molar-refractivity contribution in [3.05, 3.63) is 89.4 Å². The maximum atomic E-state index is 12.6. The third-order valence-corrected chi connectivity index (χ3v) is 5.88. The number of rotatable bonds is 8. The van der Waals surface area contributed by atoms with E-state index < -0.39 is 22.0 Å². The van der Waals surface area contributed by atoms with Gasteiger partial charge in [-0.1, -0.05) is 54.1 Å². The van der Waals surface area contributed by atoms with Gasteiger partial charge >= 0.3 is 5.97 Å². The van der Waals surface area contributed by atoms with Gasteiger partial charge in [0.15, 0.2) is 0 Å². The van der Waals surface area contributed by atoms with Crippen molar-refractivity contribution in [1.29, 1.82) is 0 Å². The molecule has 2 N–H and O–H groups in total. The second-order valence-corrected chi connectivity index (χ2v) is 8.33. The number of hydrogen-bond donors (Lipinski definition) is 2. The van der Waals surface area contributed by atoms with Crippen LogP contribution in [0.25, 0.3) is 0 Å². The number of aliphatic carboxylic acids is 1. The van der Waals surface area contributed by atoms with Gasteiger partial charge in [-0.2, -0.15) is 4.72 Å². The molecule has 0 aliphatic heterocycles. The number of ether oxygens (including phenoxy) is 1. The number of carboxylic acids is 1. The molecule has 0 aromatic heterocycles. The summed E-state index contributed by atoms with van der Waals surface area (Å²) in [5, 5.41) is 9.85. The van der Waals surface area contributed by atoms with Gasteiger partial charge in [0.1, 0.15) is 17.5 Å². The number of carbonyl (C=O) groups is 1. The maximum Gasteiger partial charge on any atom is 0.322 e. The van der Waals surface area contributed by atoms with Crippen LogP contribution in [0.4, 0.5) is 0 Å². The number of sulfonamides is 1. The number of carboxylic acid groups (broad SMARTS) is 1. The van der Waals surface area contributed by atoms with Gasteiger partial charge in [0.25, 0.3) is 0 Å². The smallest absolute Gasteiger partial charge is 0.322 e. The topological polar surface area (TPSA) is 92.7 Å². The Labute approximate surface area is 173 Å². The molecule has 29 heavy (non-hydrogen) atoms. The summed E-state index contributed by atoms with van der Waals surface area (Å²) in [5.41, 5.74) is 0.714. The quantitative estimate of drug-likeness (QED) is 0.560. The van der Waals surface area contributed by atoms with Crippen LogP contribution in [-0.4, -0.2) is 25.5 Å². The predicted molar refractivity (Wildman–Crippen MR) is 110 cm³/mol. The van der Waals surface area contributed by atoms with E-state index in [-0.39, 0.29) is 11.3 Å². The van der Waals surface area contributed by atoms with E-state index in [1.54, 1.807) is 54.6 Å². The Kier molecular flexibility index (Phi) is 6.53. The van der Waals surface area contributed by atoms with Crippen LogP contribution in [0.1, 0.15) is 5.56 Å². The molecule has 0 unspecified atom stereocenters. The van der Waals surface area contributed by atoms with Crippen molar-refractivity contribution >= 4 is 27.6 Å². The Balaban J connectivity index is 1.74. The first kappa shape index (κ1) is 20.9. The van der Waals surface area contributed by atoms with Crippen molar-refractivity contribution in [2.75, 3.05) is 0 Å². The lowest BCUT2D eigenvalue weighted by Crippen LogP contribution is -2.42. The van der Waals surface area contributed by atoms with Crippen molar-refractivity contribution in [3.8, 4) is 11.5 Å². The Morgan fingerprint density at radius 2 is 1.59 bits per heavy atom. The summed E-state index contributed by atoms with van der Waals surface area (Å²) in [6, 6.07) is 20.1. The first-order valence-electron chi connectivity index (χ1n) is 8.67. The number of nitrogens with one attached hydrogen (secondary N) is 1. The largest absolute Gasteiger partial charge is 0.480 e. The molecule has 3 aromatic rings. The molecule has 1 atom stereocenters. The highest BCUT2D eigenvalue weighted by Gasteiger charge is 2.25. The molecule has 150 valence electrons. The lowest BCUT2D eigenvalue weighted by Gasteiger charge is -2.15. The molecule has 0 amide bonds. The summed E-state index contributed by atoms with van der Waals surface area (Å²) < 4.78 is 33.1. The molecule has 3 rings (SSSR count). The maximum absolute atomic E-state index is 12.6. The van der Waals surface area contributed by atoms with Gasteiger partial charge in [-0.25, -0.2) is 8.42 Å². The van der Waals surface area contributed by atoms with Gasteiger partial charge < -0.3 is 9.84 Å². The number of hydrogen-bond acceptors (Lipinski definition) is 4. The molecule has 0 fully saturated rings. The van der Waals surface area contributed by atoms with E-state index in [2.05, 4.69) is 4.72 Å². The van der Waals surface area contributed by atoms with Crippen LogP contribution in [0.3, 0.4) is 0 Å². The molecule has 0 heterocycles. The molecule has 0 radical (unpaired) electrons. The summed E-state index contributed by atoms with van der Waals surface area (Å²) in [6.07, 6.45) is 0.0309. The average molecular weight is 432 g/mol. The van der Waals surface area contributed by atoms with Gasteiger partial charge in [0.05, 0.1) is 9.92 Å². The summed E-state index contributed by atoms with van der Waals surface area (Å²) >= 11 is 6.04. The van der Waals surface area contributed by atoms with E-state index in [1.807, 2.05) is 0 Å². The Hall–Kier alpha value is -2.87. The van der Waals surface area contributed by atoms with Crippen LogP contribution in [0, 0.1) is 0 Å². The van der Waals surface area contributed by atoms with Gasteiger partial charge in [0.2, 0.25) is 10.0 Å². The minimum absolute atomic E-state index is 0.0309. The van der Waals surface area contributed by atoms with Gasteiger partial charge in [0, 0.05) is 0 Å². The predicted octanol–water partition coefficient (Wildman–Crippen LogP) is 4.11. The van der Waals surface area contributed by atoms with Crippen LogP contribution in [-0.2, 0) is 21.2 Å². The number of para-hydroxylation sites is 1. The summed E-state index contributed by atoms with van der Waals surface area (Å²) in [7, 11) is -4.03. The molecule has 3 aromatic carbocycles. The fourth-order valence-electron chi connectivity index (χ4n) is 2.63. The molecule has 0 aliphatic carbocycles. The van der Waals surface area contributed by atoms with E-state index >= 15 is 0 Å². The molecule has 8 heteroatoms. The highest BCUT2D eigenvalue weighted by Crippen LogP contribution is 2.29. The third kappa shape index (κ3) is 5.57. The molecule has 0 bridgehead atoms. The Morgan fingerprint density at radius 1 is 0.966 bits per heavy atom. The second-order valence-electron chi connectivity index (χ2n) is 6.21. The Morgan fingerprint density at radius 3 is 2.21 bits per heavy atom. The summed E-state index contributed by atoms with van der Waals surface area (Å²) in [4.78, 5) is 11.5. The summed E-state index contributed by atoms with van der Waals surface area (Å²) in [6.45, 7) is 0. The third-order valence-electron chi connectivity index (χ3n) is 4.08. The monoisotopic (exact) mass is 431 g/mol. The minimum atomic E-state index is -4.03. The van der Waals surface area contributed by atoms with Crippen LogP contribution in [0.15, 0.2) is 83.8 Å². The van der Waals surface area contributed by atoms with Crippen molar-refractivity contribution in [3.63, 3.8) is 0 Å². The molecule has 0 saturated heterocycles. The van der Waals surface area contributed by atoms with Crippen molar-refractivity contribution in [2.45, 2.75) is 17.4 Å². The molecular formula is C21H18ClNO5S. The molecule has 0 saturated carbocycles. The lowest BCUT2D eigenvalue weighted by atomic mass is 10.1. The minimum Gasteiger partial charge on any atom is -0.480 e. The van der Waals surface area contributed by atoms with E-state index in [4.69, 9.17) is 16.3 Å². The van der Waals surface area contributed by atoms with Crippen LogP contribution in [0.2, 0.25) is 5.02 Å². The standard InChI is InChI=1S/C21H18ClNO5S/c22-18-8-4-5-9-20(18)28-16-10-12-17(13-11-16)29(26,27)23-19(21(24)25)14-15-6-2-1-3-7-15/h1-13,19,23H,14H2,(H,24,25)/t19-/m1/s1. The van der Waals surface area contributed by atoms with E-state index in [9.17, 15) is 18.3 Å². The second kappa shape index (κ2) is 9.09. The Bertz CT molecular complexity index is 1090. The molecule has 0 aliphatic rings. The van der Waals surface area contributed by atoms with Crippen LogP contribution < -0.4 is 9.46 Å².